The predicted molar refractivity (Wildman–Crippen MR) is 101 cm³/mol. The predicted octanol–water partition coefficient (Wildman–Crippen LogP) is 3.78. The van der Waals surface area contributed by atoms with E-state index in [1.807, 2.05) is 30.0 Å². The minimum atomic E-state index is -0.273. The lowest BCUT2D eigenvalue weighted by Crippen LogP contribution is -2.27. The van der Waals surface area contributed by atoms with E-state index in [1.54, 1.807) is 19.4 Å². The lowest BCUT2D eigenvalue weighted by molar-refractivity contribution is 0.415. The molecule has 5 nitrogen and oxygen atoms in total. The Morgan fingerprint density at radius 3 is 2.96 bits per heavy atom. The van der Waals surface area contributed by atoms with Crippen molar-refractivity contribution in [1.82, 2.24) is 9.97 Å². The van der Waals surface area contributed by atoms with Crippen LogP contribution in [0.3, 0.4) is 0 Å². The fourth-order valence-corrected chi connectivity index (χ4v) is 3.49. The Kier molecular flexibility index (Phi) is 4.32. The van der Waals surface area contributed by atoms with Gasteiger partial charge in [-0.2, -0.15) is 0 Å². The molecule has 0 spiro atoms. The summed E-state index contributed by atoms with van der Waals surface area (Å²) in [5, 5.41) is 4.66. The second-order valence-electron chi connectivity index (χ2n) is 6.58. The lowest BCUT2D eigenvalue weighted by atomic mass is 10.1. The molecule has 0 amide bonds. The van der Waals surface area contributed by atoms with Gasteiger partial charge in [-0.3, -0.25) is 4.98 Å². The summed E-state index contributed by atoms with van der Waals surface area (Å²) in [5.41, 5.74) is 2.89. The van der Waals surface area contributed by atoms with Crippen LogP contribution in [0, 0.1) is 12.7 Å². The van der Waals surface area contributed by atoms with Crippen LogP contribution < -0.4 is 15.0 Å². The lowest BCUT2D eigenvalue weighted by Gasteiger charge is -2.19. The number of halogens is 1. The zero-order valence-electron chi connectivity index (χ0n) is 14.9. The molecular formula is C20H21FN4O. The maximum absolute atomic E-state index is 14.0. The van der Waals surface area contributed by atoms with E-state index in [0.29, 0.717) is 12.4 Å². The Morgan fingerprint density at radius 2 is 2.15 bits per heavy atom. The number of rotatable bonds is 4. The van der Waals surface area contributed by atoms with Gasteiger partial charge in [-0.1, -0.05) is 0 Å². The molecule has 134 valence electrons. The summed E-state index contributed by atoms with van der Waals surface area (Å²) in [5.74, 6) is 0.946. The van der Waals surface area contributed by atoms with Crippen molar-refractivity contribution in [2.24, 2.45) is 0 Å². The van der Waals surface area contributed by atoms with Crippen LogP contribution in [0.1, 0.15) is 12.1 Å². The zero-order chi connectivity index (χ0) is 18.1. The molecule has 1 aromatic carbocycles. The number of hydrogen-bond acceptors (Lipinski definition) is 5. The highest BCUT2D eigenvalue weighted by Gasteiger charge is 2.25. The summed E-state index contributed by atoms with van der Waals surface area (Å²) in [6.45, 7) is 3.47. The highest BCUT2D eigenvalue weighted by atomic mass is 19.1. The average molecular weight is 352 g/mol. The number of benzene rings is 1. The molecule has 0 bridgehead atoms. The molecule has 1 unspecified atom stereocenters. The summed E-state index contributed by atoms with van der Waals surface area (Å²) in [7, 11) is 1.65. The first-order valence-electron chi connectivity index (χ1n) is 8.71. The fourth-order valence-electron chi connectivity index (χ4n) is 3.49. The molecule has 1 saturated heterocycles. The highest BCUT2D eigenvalue weighted by Crippen LogP contribution is 2.29. The van der Waals surface area contributed by atoms with Crippen molar-refractivity contribution >= 4 is 22.4 Å². The summed E-state index contributed by atoms with van der Waals surface area (Å²) < 4.78 is 19.3. The van der Waals surface area contributed by atoms with Crippen molar-refractivity contribution in [3.8, 4) is 5.75 Å². The standard InChI is InChI=1S/C20H21FN4O/c1-13-10-18(16-6-5-15(26-2)11-19(16)23-13)24-14-7-9-25(12-14)20-17(21)4-3-8-22-20/h3-6,8,10-11,14H,7,9,12H2,1-2H3,(H,23,24). The van der Waals surface area contributed by atoms with E-state index in [-0.39, 0.29) is 11.9 Å². The molecule has 1 aliphatic heterocycles. The molecule has 26 heavy (non-hydrogen) atoms. The first-order chi connectivity index (χ1) is 12.6. The molecule has 0 saturated carbocycles. The summed E-state index contributed by atoms with van der Waals surface area (Å²) in [6.07, 6.45) is 2.56. The number of hydrogen-bond donors (Lipinski definition) is 1. The quantitative estimate of drug-likeness (QED) is 0.774. The van der Waals surface area contributed by atoms with Gasteiger partial charge in [-0.15, -0.1) is 0 Å². The van der Waals surface area contributed by atoms with Gasteiger partial charge >= 0.3 is 0 Å². The van der Waals surface area contributed by atoms with E-state index >= 15 is 0 Å². The molecule has 1 atom stereocenters. The van der Waals surface area contributed by atoms with Crippen LogP contribution in [-0.4, -0.2) is 36.2 Å². The number of fused-ring (bicyclic) bond motifs is 1. The highest BCUT2D eigenvalue weighted by molar-refractivity contribution is 5.92. The van der Waals surface area contributed by atoms with Gasteiger partial charge in [0.15, 0.2) is 11.6 Å². The van der Waals surface area contributed by atoms with Gasteiger partial charge in [0.1, 0.15) is 5.75 Å². The number of methoxy groups -OCH3 is 1. The Labute approximate surface area is 151 Å². The van der Waals surface area contributed by atoms with Crippen molar-refractivity contribution in [2.75, 3.05) is 30.4 Å². The van der Waals surface area contributed by atoms with Crippen molar-refractivity contribution in [1.29, 1.82) is 0 Å². The van der Waals surface area contributed by atoms with Gasteiger partial charge in [-0.05, 0) is 43.7 Å². The van der Waals surface area contributed by atoms with Crippen LogP contribution in [0.5, 0.6) is 5.75 Å². The van der Waals surface area contributed by atoms with Crippen LogP contribution in [0.4, 0.5) is 15.9 Å². The van der Waals surface area contributed by atoms with Crippen LogP contribution in [0.25, 0.3) is 10.9 Å². The van der Waals surface area contributed by atoms with Crippen LogP contribution in [0.15, 0.2) is 42.6 Å². The van der Waals surface area contributed by atoms with Crippen LogP contribution in [-0.2, 0) is 0 Å². The van der Waals surface area contributed by atoms with E-state index in [4.69, 9.17) is 4.74 Å². The number of nitrogens with zero attached hydrogens (tertiary/aromatic N) is 3. The molecule has 3 heterocycles. The fraction of sp³-hybridized carbons (Fsp3) is 0.300. The Balaban J connectivity index is 1.57. The van der Waals surface area contributed by atoms with Gasteiger partial charge in [0.05, 0.1) is 12.6 Å². The third-order valence-electron chi connectivity index (χ3n) is 4.73. The normalized spacial score (nSPS) is 16.9. The van der Waals surface area contributed by atoms with E-state index in [0.717, 1.165) is 41.0 Å². The molecule has 6 heteroatoms. The van der Waals surface area contributed by atoms with Gasteiger partial charge in [0.2, 0.25) is 0 Å². The van der Waals surface area contributed by atoms with Crippen molar-refractivity contribution < 1.29 is 9.13 Å². The Hall–Kier alpha value is -2.89. The first-order valence-corrected chi connectivity index (χ1v) is 8.71. The summed E-state index contributed by atoms with van der Waals surface area (Å²) in [6, 6.07) is 11.3. The van der Waals surface area contributed by atoms with E-state index in [9.17, 15) is 4.39 Å². The van der Waals surface area contributed by atoms with Gasteiger partial charge in [0, 0.05) is 48.2 Å². The third kappa shape index (κ3) is 3.14. The van der Waals surface area contributed by atoms with Gasteiger partial charge in [0.25, 0.3) is 0 Å². The number of nitrogens with one attached hydrogen (secondary N) is 1. The maximum Gasteiger partial charge on any atom is 0.165 e. The molecule has 0 aliphatic carbocycles. The van der Waals surface area contributed by atoms with E-state index < -0.39 is 0 Å². The first kappa shape index (κ1) is 16.6. The van der Waals surface area contributed by atoms with Gasteiger partial charge < -0.3 is 15.0 Å². The van der Waals surface area contributed by atoms with Gasteiger partial charge in [-0.25, -0.2) is 9.37 Å². The number of aromatic nitrogens is 2. The third-order valence-corrected chi connectivity index (χ3v) is 4.73. The molecule has 0 radical (unpaired) electrons. The number of pyridine rings is 2. The van der Waals surface area contributed by atoms with E-state index in [1.165, 1.54) is 6.07 Å². The van der Waals surface area contributed by atoms with E-state index in [2.05, 4.69) is 21.4 Å². The largest absolute Gasteiger partial charge is 0.497 e. The Morgan fingerprint density at radius 1 is 1.27 bits per heavy atom. The van der Waals surface area contributed by atoms with Crippen molar-refractivity contribution in [3.63, 3.8) is 0 Å². The molecule has 1 aliphatic rings. The second kappa shape index (κ2) is 6.78. The van der Waals surface area contributed by atoms with Crippen molar-refractivity contribution in [3.05, 3.63) is 54.1 Å². The average Bonchev–Trinajstić information content (AvgIpc) is 3.09. The Bertz CT molecular complexity index is 946. The topological polar surface area (TPSA) is 50.3 Å². The number of aryl methyl sites for hydroxylation is 1. The molecule has 3 aromatic rings. The zero-order valence-corrected chi connectivity index (χ0v) is 14.9. The number of ether oxygens (including phenoxy) is 1. The molecule has 4 rings (SSSR count). The van der Waals surface area contributed by atoms with Crippen LogP contribution in [0.2, 0.25) is 0 Å². The summed E-state index contributed by atoms with van der Waals surface area (Å²) >= 11 is 0. The second-order valence-corrected chi connectivity index (χ2v) is 6.58. The monoisotopic (exact) mass is 352 g/mol. The molecule has 1 fully saturated rings. The maximum atomic E-state index is 14.0. The molecule has 2 aromatic heterocycles. The molecular weight excluding hydrogens is 331 g/mol. The minimum absolute atomic E-state index is 0.225. The summed E-state index contributed by atoms with van der Waals surface area (Å²) in [4.78, 5) is 10.8. The van der Waals surface area contributed by atoms with Crippen LogP contribution >= 0.6 is 0 Å². The minimum Gasteiger partial charge on any atom is -0.497 e. The smallest absolute Gasteiger partial charge is 0.165 e. The molecule has 1 N–H and O–H groups in total. The number of anilines is 2. The van der Waals surface area contributed by atoms with Crippen molar-refractivity contribution in [2.45, 2.75) is 19.4 Å². The SMILES string of the molecule is COc1ccc2c(NC3CCN(c4ncccc4F)C3)cc(C)nc2c1.